The number of likely N-dealkylation sites (tertiary alicyclic amines) is 1. The van der Waals surface area contributed by atoms with Crippen LogP contribution in [0.4, 0.5) is 10.2 Å². The molecule has 2 aromatic rings. The van der Waals surface area contributed by atoms with Gasteiger partial charge in [0, 0.05) is 30.2 Å². The maximum Gasteiger partial charge on any atom is 0.246 e. The minimum Gasteiger partial charge on any atom is -0.365 e. The third-order valence-electron chi connectivity index (χ3n) is 7.88. The van der Waals surface area contributed by atoms with E-state index in [0.717, 1.165) is 49.0 Å². The van der Waals surface area contributed by atoms with Crippen LogP contribution in [0, 0.1) is 5.41 Å². The molecule has 2 N–H and O–H groups in total. The molecule has 5 atom stereocenters. The van der Waals surface area contributed by atoms with Gasteiger partial charge in [0.15, 0.2) is 0 Å². The van der Waals surface area contributed by atoms with E-state index < -0.39 is 5.67 Å². The highest BCUT2D eigenvalue weighted by atomic mass is 19.1. The zero-order valence-corrected chi connectivity index (χ0v) is 17.7. The lowest BCUT2D eigenvalue weighted by Gasteiger charge is -2.38. The molecule has 1 amide bonds. The number of nitrogens with zero attached hydrogens (tertiary/aromatic N) is 3. The summed E-state index contributed by atoms with van der Waals surface area (Å²) in [5.74, 6) is 1.11. The number of carbonyl (C=O) groups excluding carboxylic acids is 1. The van der Waals surface area contributed by atoms with Gasteiger partial charge in [-0.3, -0.25) is 4.79 Å². The molecule has 0 radical (unpaired) electrons. The minimum atomic E-state index is -1.01. The molecule has 2 aromatic heterocycles. The van der Waals surface area contributed by atoms with Gasteiger partial charge in [0.05, 0.1) is 5.39 Å². The van der Waals surface area contributed by atoms with Crippen LogP contribution < -0.4 is 5.32 Å². The number of halogens is 1. The number of aromatic amines is 1. The van der Waals surface area contributed by atoms with Crippen molar-refractivity contribution in [3.8, 4) is 0 Å². The van der Waals surface area contributed by atoms with E-state index in [9.17, 15) is 9.18 Å². The number of aromatic nitrogens is 3. The number of piperidine rings is 1. The highest BCUT2D eigenvalue weighted by Crippen LogP contribution is 2.70. The quantitative estimate of drug-likeness (QED) is 0.735. The number of hydrogen-bond donors (Lipinski definition) is 2. The van der Waals surface area contributed by atoms with Gasteiger partial charge in [0.25, 0.3) is 0 Å². The van der Waals surface area contributed by atoms with E-state index in [0.29, 0.717) is 18.9 Å². The zero-order valence-electron chi connectivity index (χ0n) is 17.7. The van der Waals surface area contributed by atoms with Crippen molar-refractivity contribution in [3.63, 3.8) is 0 Å². The fourth-order valence-corrected chi connectivity index (χ4v) is 5.88. The van der Waals surface area contributed by atoms with Crippen molar-refractivity contribution in [3.05, 3.63) is 30.7 Å². The predicted octanol–water partition coefficient (Wildman–Crippen LogP) is 4.32. The molecular weight excluding hydrogens is 381 g/mol. The third-order valence-corrected chi connectivity index (χ3v) is 7.88. The summed E-state index contributed by atoms with van der Waals surface area (Å²) in [5, 5.41) is 4.60. The number of carbonyl (C=O) groups is 1. The monoisotopic (exact) mass is 411 g/mol. The molecule has 1 saturated heterocycles. The van der Waals surface area contributed by atoms with Crippen LogP contribution in [0.1, 0.15) is 63.9 Å². The number of hydrogen-bond acceptors (Lipinski definition) is 4. The Balaban J connectivity index is 1.40. The summed E-state index contributed by atoms with van der Waals surface area (Å²) in [5.41, 5.74) is 0.863. The number of fused-ring (bicyclic) bond motifs is 1. The van der Waals surface area contributed by atoms with Crippen LogP contribution in [0.5, 0.6) is 0 Å². The first-order chi connectivity index (χ1) is 14.3. The smallest absolute Gasteiger partial charge is 0.246 e. The van der Waals surface area contributed by atoms with Crippen molar-refractivity contribution in [1.82, 2.24) is 19.9 Å². The maximum atomic E-state index is 14.6. The van der Waals surface area contributed by atoms with Gasteiger partial charge in [0.2, 0.25) is 5.91 Å². The number of H-pyrrole nitrogens is 1. The van der Waals surface area contributed by atoms with Crippen LogP contribution in [0.3, 0.4) is 0 Å². The fraction of sp³-hybridized carbons (Fsp3) is 0.609. The van der Waals surface area contributed by atoms with Crippen molar-refractivity contribution in [2.75, 3.05) is 11.9 Å². The lowest BCUT2D eigenvalue weighted by Crippen LogP contribution is -2.49. The molecule has 1 aliphatic heterocycles. The molecule has 7 heteroatoms. The molecule has 5 rings (SSSR count). The van der Waals surface area contributed by atoms with Crippen LogP contribution in [-0.4, -0.2) is 50.1 Å². The van der Waals surface area contributed by atoms with Crippen molar-refractivity contribution in [1.29, 1.82) is 0 Å². The summed E-state index contributed by atoms with van der Waals surface area (Å²) < 4.78 is 14.6. The van der Waals surface area contributed by atoms with E-state index in [1.807, 2.05) is 11.1 Å². The second-order valence-corrected chi connectivity index (χ2v) is 9.75. The summed E-state index contributed by atoms with van der Waals surface area (Å²) in [7, 11) is 0. The molecule has 3 fully saturated rings. The number of rotatable bonds is 4. The van der Waals surface area contributed by atoms with Gasteiger partial charge in [-0.1, -0.05) is 6.58 Å². The number of nitrogens with one attached hydrogen (secondary N) is 2. The van der Waals surface area contributed by atoms with Gasteiger partial charge in [-0.25, -0.2) is 14.4 Å². The average Bonchev–Trinajstić information content (AvgIpc) is 3.10. The molecule has 2 saturated carbocycles. The minimum absolute atomic E-state index is 0.0286. The summed E-state index contributed by atoms with van der Waals surface area (Å²) in [6, 6.07) is 0.337. The number of alkyl halides is 1. The fourth-order valence-electron chi connectivity index (χ4n) is 5.88. The number of anilines is 1. The van der Waals surface area contributed by atoms with Crippen molar-refractivity contribution in [2.45, 2.75) is 76.0 Å². The van der Waals surface area contributed by atoms with Gasteiger partial charge in [-0.2, -0.15) is 0 Å². The molecule has 6 nitrogen and oxygen atoms in total. The Morgan fingerprint density at radius 1 is 1.40 bits per heavy atom. The molecule has 0 aromatic carbocycles. The van der Waals surface area contributed by atoms with E-state index in [1.54, 1.807) is 13.3 Å². The maximum absolute atomic E-state index is 14.6. The van der Waals surface area contributed by atoms with E-state index in [1.165, 1.54) is 11.6 Å². The first-order valence-corrected chi connectivity index (χ1v) is 11.0. The molecule has 1 unspecified atom stereocenters. The van der Waals surface area contributed by atoms with Gasteiger partial charge < -0.3 is 15.2 Å². The van der Waals surface area contributed by atoms with Crippen LogP contribution >= 0.6 is 0 Å². The molecule has 30 heavy (non-hydrogen) atoms. The van der Waals surface area contributed by atoms with Crippen molar-refractivity contribution in [2.24, 2.45) is 5.41 Å². The first-order valence-electron chi connectivity index (χ1n) is 11.0. The normalized spacial score (nSPS) is 35.7. The van der Waals surface area contributed by atoms with Crippen molar-refractivity contribution >= 4 is 22.8 Å². The van der Waals surface area contributed by atoms with Gasteiger partial charge in [-0.05, 0) is 69.9 Å². The lowest BCUT2D eigenvalue weighted by molar-refractivity contribution is -0.129. The predicted molar refractivity (Wildman–Crippen MR) is 115 cm³/mol. The van der Waals surface area contributed by atoms with Crippen LogP contribution in [-0.2, 0) is 4.79 Å². The molecule has 1 spiro atoms. The molecule has 3 aliphatic rings. The molecule has 0 bridgehead atoms. The topological polar surface area (TPSA) is 73.9 Å². The Labute approximate surface area is 176 Å². The second-order valence-electron chi connectivity index (χ2n) is 9.75. The molecule has 2 aliphatic carbocycles. The summed E-state index contributed by atoms with van der Waals surface area (Å²) in [4.78, 5) is 26.4. The van der Waals surface area contributed by atoms with Crippen LogP contribution in [0.25, 0.3) is 11.0 Å². The van der Waals surface area contributed by atoms with Gasteiger partial charge in [0.1, 0.15) is 23.5 Å². The summed E-state index contributed by atoms with van der Waals surface area (Å²) in [6.45, 7) is 8.09. The highest BCUT2D eigenvalue weighted by Gasteiger charge is 2.67. The Hall–Kier alpha value is -2.44. The molecule has 160 valence electrons. The number of amides is 1. The summed E-state index contributed by atoms with van der Waals surface area (Å²) >= 11 is 0. The van der Waals surface area contributed by atoms with Crippen LogP contribution in [0.15, 0.2) is 25.2 Å². The third kappa shape index (κ3) is 3.01. The Morgan fingerprint density at radius 2 is 2.20 bits per heavy atom. The largest absolute Gasteiger partial charge is 0.365 e. The highest BCUT2D eigenvalue weighted by molar-refractivity contribution is 5.91. The van der Waals surface area contributed by atoms with Crippen LogP contribution in [0.2, 0.25) is 0 Å². The summed E-state index contributed by atoms with van der Waals surface area (Å²) in [6.07, 6.45) is 10.4. The Kier molecular flexibility index (Phi) is 4.42. The Bertz CT molecular complexity index is 1000. The second kappa shape index (κ2) is 6.79. The van der Waals surface area contributed by atoms with Gasteiger partial charge >= 0.3 is 0 Å². The first kappa shape index (κ1) is 19.5. The van der Waals surface area contributed by atoms with E-state index >= 15 is 0 Å². The average molecular weight is 412 g/mol. The standard InChI is InChI=1S/C23H30FN5O/c1-4-18(30)29-11-16(6-5-14(29)2)28-21-19-17(10-25-20(19)26-13-27-21)15-7-8-23(9-15)12-22(23,3)24/h4,10,13-16H,1,5-9,11-12H2,2-3H3,(H2,25,26,27,28)/t14-,15+,16+,22?,23-/m0/s1. The lowest BCUT2D eigenvalue weighted by atomic mass is 9.94. The van der Waals surface area contributed by atoms with E-state index in [4.69, 9.17) is 0 Å². The Morgan fingerprint density at radius 3 is 2.90 bits per heavy atom. The van der Waals surface area contributed by atoms with Gasteiger partial charge in [-0.15, -0.1) is 0 Å². The van der Waals surface area contributed by atoms with E-state index in [-0.39, 0.29) is 23.4 Å². The van der Waals surface area contributed by atoms with E-state index in [2.05, 4.69) is 33.8 Å². The zero-order chi connectivity index (χ0) is 21.1. The molecular formula is C23H30FN5O. The molecule has 3 heterocycles. The SMILES string of the molecule is C=CC(=O)N1C[C@H](Nc2ncnc3[nH]cc([C@@H]4CC[C@]5(C4)CC5(C)F)c23)CC[C@@H]1C. The van der Waals surface area contributed by atoms with Crippen molar-refractivity contribution < 1.29 is 9.18 Å².